The van der Waals surface area contributed by atoms with E-state index < -0.39 is 0 Å². The lowest BCUT2D eigenvalue weighted by Gasteiger charge is -2.39. The molecule has 1 heterocycles. The highest BCUT2D eigenvalue weighted by Gasteiger charge is 2.31. The summed E-state index contributed by atoms with van der Waals surface area (Å²) in [6.07, 6.45) is 11.1. The van der Waals surface area contributed by atoms with E-state index in [1.807, 2.05) is 0 Å². The molecule has 1 aliphatic carbocycles. The Morgan fingerprint density at radius 2 is 1.95 bits per heavy atom. The molecule has 2 nitrogen and oxygen atoms in total. The molecule has 1 N–H and O–H groups in total. The topological polar surface area (TPSA) is 21.3 Å². The van der Waals surface area contributed by atoms with Crippen LogP contribution in [0.4, 0.5) is 0 Å². The molecule has 2 heteroatoms. The Labute approximate surface area is 119 Å². The summed E-state index contributed by atoms with van der Waals surface area (Å²) in [5, 5.41) is 4.00. The Morgan fingerprint density at radius 1 is 1.16 bits per heavy atom. The Balaban J connectivity index is 1.84. The fraction of sp³-hybridized carbons (Fsp3) is 1.00. The van der Waals surface area contributed by atoms with Crippen LogP contribution < -0.4 is 5.32 Å². The number of rotatable bonds is 5. The van der Waals surface area contributed by atoms with Gasteiger partial charge in [0.2, 0.25) is 0 Å². The Kier molecular flexibility index (Phi) is 6.15. The van der Waals surface area contributed by atoms with Crippen molar-refractivity contribution >= 4 is 0 Å². The lowest BCUT2D eigenvalue weighted by molar-refractivity contribution is -0.00821. The summed E-state index contributed by atoms with van der Waals surface area (Å²) >= 11 is 0. The van der Waals surface area contributed by atoms with Gasteiger partial charge in [0, 0.05) is 18.7 Å². The van der Waals surface area contributed by atoms with E-state index in [-0.39, 0.29) is 0 Å². The van der Waals surface area contributed by atoms with Crippen molar-refractivity contribution < 1.29 is 4.74 Å². The second-order valence-electron chi connectivity index (χ2n) is 6.97. The van der Waals surface area contributed by atoms with Crippen molar-refractivity contribution in [1.29, 1.82) is 0 Å². The number of hydrogen-bond acceptors (Lipinski definition) is 2. The number of ether oxygens (including phenoxy) is 1. The summed E-state index contributed by atoms with van der Waals surface area (Å²) in [5.74, 6) is 1.71. The van der Waals surface area contributed by atoms with Crippen LogP contribution in [0.2, 0.25) is 0 Å². The summed E-state index contributed by atoms with van der Waals surface area (Å²) in [6.45, 7) is 8.01. The van der Waals surface area contributed by atoms with Gasteiger partial charge in [0.25, 0.3) is 0 Å². The van der Waals surface area contributed by atoms with Crippen LogP contribution in [0, 0.1) is 11.8 Å². The van der Waals surface area contributed by atoms with Crippen molar-refractivity contribution in [3.63, 3.8) is 0 Å². The van der Waals surface area contributed by atoms with Gasteiger partial charge in [-0.25, -0.2) is 0 Å². The fourth-order valence-corrected chi connectivity index (χ4v) is 4.02. The highest BCUT2D eigenvalue weighted by atomic mass is 16.5. The van der Waals surface area contributed by atoms with Crippen molar-refractivity contribution in [2.24, 2.45) is 11.8 Å². The van der Waals surface area contributed by atoms with E-state index in [0.717, 1.165) is 24.5 Å². The largest absolute Gasteiger partial charge is 0.378 e. The third-order valence-electron chi connectivity index (χ3n) is 5.10. The second-order valence-corrected chi connectivity index (χ2v) is 6.97. The van der Waals surface area contributed by atoms with E-state index in [0.29, 0.717) is 12.1 Å². The standard InChI is InChI=1S/C17H33NO/c1-4-7-15-12-14(10-11-19-15)18-17-9-6-5-8-16(17)13(2)3/h13-18H,4-12H2,1-3H3. The number of hydrogen-bond donors (Lipinski definition) is 1. The van der Waals surface area contributed by atoms with Gasteiger partial charge in [0.05, 0.1) is 6.10 Å². The first-order valence-electron chi connectivity index (χ1n) is 8.58. The first-order valence-corrected chi connectivity index (χ1v) is 8.58. The van der Waals surface area contributed by atoms with E-state index in [1.54, 1.807) is 0 Å². The third kappa shape index (κ3) is 4.46. The van der Waals surface area contributed by atoms with E-state index >= 15 is 0 Å². The minimum absolute atomic E-state index is 0.511. The highest BCUT2D eigenvalue weighted by Crippen LogP contribution is 2.31. The molecule has 2 fully saturated rings. The molecule has 0 bridgehead atoms. The maximum Gasteiger partial charge on any atom is 0.0589 e. The molecule has 112 valence electrons. The van der Waals surface area contributed by atoms with Crippen LogP contribution in [0.15, 0.2) is 0 Å². The Hall–Kier alpha value is -0.0800. The Morgan fingerprint density at radius 3 is 2.68 bits per heavy atom. The molecule has 19 heavy (non-hydrogen) atoms. The van der Waals surface area contributed by atoms with Crippen molar-refractivity contribution in [3.8, 4) is 0 Å². The van der Waals surface area contributed by atoms with Crippen LogP contribution in [-0.2, 0) is 4.74 Å². The van der Waals surface area contributed by atoms with Gasteiger partial charge in [-0.05, 0) is 43.9 Å². The molecule has 4 unspecified atom stereocenters. The van der Waals surface area contributed by atoms with Gasteiger partial charge in [-0.3, -0.25) is 0 Å². The molecule has 0 amide bonds. The van der Waals surface area contributed by atoms with Gasteiger partial charge in [0.1, 0.15) is 0 Å². The monoisotopic (exact) mass is 267 g/mol. The molecule has 0 aromatic heterocycles. The fourth-order valence-electron chi connectivity index (χ4n) is 4.02. The van der Waals surface area contributed by atoms with Crippen molar-refractivity contribution in [3.05, 3.63) is 0 Å². The maximum atomic E-state index is 5.87. The molecule has 4 atom stereocenters. The first kappa shape index (κ1) is 15.3. The molecular formula is C17H33NO. The zero-order chi connectivity index (χ0) is 13.7. The average Bonchev–Trinajstić information content (AvgIpc) is 2.40. The number of nitrogens with one attached hydrogen (secondary N) is 1. The molecule has 1 saturated heterocycles. The van der Waals surface area contributed by atoms with Crippen LogP contribution in [0.1, 0.15) is 72.1 Å². The van der Waals surface area contributed by atoms with Crippen LogP contribution in [0.5, 0.6) is 0 Å². The van der Waals surface area contributed by atoms with Gasteiger partial charge < -0.3 is 10.1 Å². The Bertz CT molecular complexity index is 252. The van der Waals surface area contributed by atoms with Gasteiger partial charge in [-0.2, -0.15) is 0 Å². The summed E-state index contributed by atoms with van der Waals surface area (Å²) in [6, 6.07) is 1.47. The molecule has 2 aliphatic rings. The average molecular weight is 267 g/mol. The van der Waals surface area contributed by atoms with Crippen LogP contribution in [0.25, 0.3) is 0 Å². The minimum atomic E-state index is 0.511. The quantitative estimate of drug-likeness (QED) is 0.808. The van der Waals surface area contributed by atoms with Crippen LogP contribution >= 0.6 is 0 Å². The lowest BCUT2D eigenvalue weighted by Crippen LogP contribution is -2.49. The van der Waals surface area contributed by atoms with Gasteiger partial charge in [0.15, 0.2) is 0 Å². The zero-order valence-electron chi connectivity index (χ0n) is 13.2. The third-order valence-corrected chi connectivity index (χ3v) is 5.10. The zero-order valence-corrected chi connectivity index (χ0v) is 13.2. The van der Waals surface area contributed by atoms with Crippen molar-refractivity contribution in [2.75, 3.05) is 6.61 Å². The van der Waals surface area contributed by atoms with Crippen molar-refractivity contribution in [1.82, 2.24) is 5.32 Å². The predicted molar refractivity (Wildman–Crippen MR) is 81.4 cm³/mol. The van der Waals surface area contributed by atoms with Crippen LogP contribution in [0.3, 0.4) is 0 Å². The highest BCUT2D eigenvalue weighted by molar-refractivity contribution is 4.87. The minimum Gasteiger partial charge on any atom is -0.378 e. The van der Waals surface area contributed by atoms with Gasteiger partial charge in [-0.15, -0.1) is 0 Å². The molecule has 0 radical (unpaired) electrons. The van der Waals surface area contributed by atoms with E-state index in [1.165, 1.54) is 51.4 Å². The molecule has 0 aromatic carbocycles. The summed E-state index contributed by atoms with van der Waals surface area (Å²) in [5.41, 5.74) is 0. The van der Waals surface area contributed by atoms with E-state index in [9.17, 15) is 0 Å². The molecule has 1 saturated carbocycles. The van der Waals surface area contributed by atoms with E-state index in [4.69, 9.17) is 4.74 Å². The maximum absolute atomic E-state index is 5.87. The molecule has 0 aromatic rings. The molecule has 1 aliphatic heterocycles. The van der Waals surface area contributed by atoms with Crippen molar-refractivity contribution in [2.45, 2.75) is 90.3 Å². The smallest absolute Gasteiger partial charge is 0.0589 e. The first-order chi connectivity index (χ1) is 9.20. The molecular weight excluding hydrogens is 234 g/mol. The predicted octanol–water partition coefficient (Wildman–Crippen LogP) is 4.14. The lowest BCUT2D eigenvalue weighted by atomic mass is 9.77. The summed E-state index contributed by atoms with van der Waals surface area (Å²) < 4.78 is 5.87. The SMILES string of the molecule is CCCC1CC(NC2CCCCC2C(C)C)CCO1. The van der Waals surface area contributed by atoms with Crippen LogP contribution in [-0.4, -0.2) is 24.8 Å². The summed E-state index contributed by atoms with van der Waals surface area (Å²) in [7, 11) is 0. The molecule has 0 spiro atoms. The van der Waals surface area contributed by atoms with Gasteiger partial charge in [-0.1, -0.05) is 40.0 Å². The van der Waals surface area contributed by atoms with Gasteiger partial charge >= 0.3 is 0 Å². The normalized spacial score (nSPS) is 36.6. The molecule has 2 rings (SSSR count). The second kappa shape index (κ2) is 7.64. The summed E-state index contributed by atoms with van der Waals surface area (Å²) in [4.78, 5) is 0. The van der Waals surface area contributed by atoms with E-state index in [2.05, 4.69) is 26.1 Å².